The second-order valence-electron chi connectivity index (χ2n) is 7.79. The standard InChI is InChI=1S/C22H23FN6O2S/c23-19-14-18(32(25,30)31)9-10-20(19)29-22(13-16-5-2-1-3-6-16)26-21(27-29)15-28(12-4-11-24)17-7-8-17/h1-3,5-6,9-10,14,17H,4,7-8,12-13,15H2,(H2,25,30,31). The molecule has 0 spiro atoms. The Morgan fingerprint density at radius 3 is 2.59 bits per heavy atom. The maximum atomic E-state index is 14.9. The summed E-state index contributed by atoms with van der Waals surface area (Å²) in [5.74, 6) is 0.297. The third-order valence-corrected chi connectivity index (χ3v) is 6.23. The van der Waals surface area contributed by atoms with Crippen molar-refractivity contribution in [3.8, 4) is 11.8 Å². The summed E-state index contributed by atoms with van der Waals surface area (Å²) in [7, 11) is -4.02. The van der Waals surface area contributed by atoms with E-state index in [4.69, 9.17) is 10.4 Å². The van der Waals surface area contributed by atoms with E-state index in [1.165, 1.54) is 16.8 Å². The van der Waals surface area contributed by atoms with Crippen molar-refractivity contribution in [2.45, 2.75) is 43.2 Å². The fraction of sp³-hybridized carbons (Fsp3) is 0.318. The van der Waals surface area contributed by atoms with Gasteiger partial charge in [-0.15, -0.1) is 5.10 Å². The van der Waals surface area contributed by atoms with Gasteiger partial charge in [-0.05, 0) is 36.6 Å². The molecule has 2 N–H and O–H groups in total. The van der Waals surface area contributed by atoms with Crippen LogP contribution in [-0.4, -0.2) is 40.7 Å². The van der Waals surface area contributed by atoms with Crippen molar-refractivity contribution in [2.75, 3.05) is 6.54 Å². The molecule has 0 radical (unpaired) electrons. The average Bonchev–Trinajstić information content (AvgIpc) is 3.53. The number of hydrogen-bond acceptors (Lipinski definition) is 6. The monoisotopic (exact) mass is 454 g/mol. The molecule has 0 aliphatic heterocycles. The summed E-state index contributed by atoms with van der Waals surface area (Å²) in [5, 5.41) is 18.6. The maximum absolute atomic E-state index is 14.9. The van der Waals surface area contributed by atoms with Crippen LogP contribution in [0.1, 0.15) is 36.5 Å². The van der Waals surface area contributed by atoms with E-state index in [0.717, 1.165) is 24.5 Å². The predicted molar refractivity (Wildman–Crippen MR) is 116 cm³/mol. The maximum Gasteiger partial charge on any atom is 0.238 e. The molecule has 0 atom stereocenters. The van der Waals surface area contributed by atoms with Crippen LogP contribution in [0.3, 0.4) is 0 Å². The number of nitriles is 1. The highest BCUT2D eigenvalue weighted by molar-refractivity contribution is 7.89. The van der Waals surface area contributed by atoms with Gasteiger partial charge >= 0.3 is 0 Å². The Morgan fingerprint density at radius 1 is 1.22 bits per heavy atom. The van der Waals surface area contributed by atoms with Gasteiger partial charge in [0.15, 0.2) is 5.82 Å². The highest BCUT2D eigenvalue weighted by atomic mass is 32.2. The van der Waals surface area contributed by atoms with Crippen LogP contribution in [0.5, 0.6) is 0 Å². The van der Waals surface area contributed by atoms with Crippen LogP contribution in [0.4, 0.5) is 4.39 Å². The third kappa shape index (κ3) is 5.19. The third-order valence-electron chi connectivity index (χ3n) is 5.32. The summed E-state index contributed by atoms with van der Waals surface area (Å²) in [6.07, 6.45) is 2.99. The Bertz CT molecular complexity index is 1250. The Morgan fingerprint density at radius 2 is 1.97 bits per heavy atom. The molecule has 32 heavy (non-hydrogen) atoms. The largest absolute Gasteiger partial charge is 0.292 e. The normalized spacial score (nSPS) is 13.9. The first-order valence-electron chi connectivity index (χ1n) is 10.3. The minimum Gasteiger partial charge on any atom is -0.292 e. The van der Waals surface area contributed by atoms with Crippen LogP contribution in [0.25, 0.3) is 5.69 Å². The zero-order chi connectivity index (χ0) is 22.7. The molecule has 0 saturated heterocycles. The number of sulfonamides is 1. The molecule has 1 aliphatic rings. The minimum atomic E-state index is -4.02. The Balaban J connectivity index is 1.70. The summed E-state index contributed by atoms with van der Waals surface area (Å²) in [5.41, 5.74) is 1.08. The molecule has 4 rings (SSSR count). The molecule has 1 saturated carbocycles. The fourth-order valence-electron chi connectivity index (χ4n) is 3.59. The quantitative estimate of drug-likeness (QED) is 0.531. The van der Waals surface area contributed by atoms with Crippen molar-refractivity contribution in [1.29, 1.82) is 5.26 Å². The predicted octanol–water partition coefficient (Wildman–Crippen LogP) is 2.52. The number of nitrogens with zero attached hydrogens (tertiary/aromatic N) is 5. The molecule has 1 fully saturated rings. The smallest absolute Gasteiger partial charge is 0.238 e. The lowest BCUT2D eigenvalue weighted by atomic mass is 10.1. The van der Waals surface area contributed by atoms with Crippen molar-refractivity contribution in [3.63, 3.8) is 0 Å². The molecule has 10 heteroatoms. The second kappa shape index (κ2) is 9.16. The lowest BCUT2D eigenvalue weighted by molar-refractivity contribution is 0.254. The van der Waals surface area contributed by atoms with Crippen LogP contribution in [0.15, 0.2) is 53.4 Å². The topological polar surface area (TPSA) is 118 Å². The molecule has 2 aromatic carbocycles. The summed E-state index contributed by atoms with van der Waals surface area (Å²) < 4.78 is 39.5. The first-order chi connectivity index (χ1) is 15.3. The van der Waals surface area contributed by atoms with Gasteiger partial charge in [-0.25, -0.2) is 27.6 Å². The molecule has 8 nitrogen and oxygen atoms in total. The van der Waals surface area contributed by atoms with E-state index in [9.17, 15) is 12.8 Å². The van der Waals surface area contributed by atoms with Gasteiger partial charge in [-0.1, -0.05) is 30.3 Å². The van der Waals surface area contributed by atoms with Gasteiger partial charge in [0, 0.05) is 25.4 Å². The van der Waals surface area contributed by atoms with Gasteiger partial charge in [0.05, 0.1) is 17.5 Å². The van der Waals surface area contributed by atoms with Crippen LogP contribution in [0.2, 0.25) is 0 Å². The summed E-state index contributed by atoms with van der Waals surface area (Å²) >= 11 is 0. The Kier molecular flexibility index (Phi) is 6.32. The van der Waals surface area contributed by atoms with Crippen molar-refractivity contribution >= 4 is 10.0 Å². The molecule has 166 valence electrons. The van der Waals surface area contributed by atoms with Crippen LogP contribution < -0.4 is 5.14 Å². The molecule has 3 aromatic rings. The van der Waals surface area contributed by atoms with Crippen molar-refractivity contribution in [3.05, 3.63) is 71.6 Å². The zero-order valence-corrected chi connectivity index (χ0v) is 18.2. The first kappa shape index (κ1) is 22.1. The van der Waals surface area contributed by atoms with Gasteiger partial charge in [0.1, 0.15) is 17.3 Å². The molecule has 1 aromatic heterocycles. The van der Waals surface area contributed by atoms with E-state index < -0.39 is 15.8 Å². The molecule has 1 heterocycles. The zero-order valence-electron chi connectivity index (χ0n) is 17.4. The van der Waals surface area contributed by atoms with Gasteiger partial charge < -0.3 is 0 Å². The van der Waals surface area contributed by atoms with Crippen LogP contribution >= 0.6 is 0 Å². The highest BCUT2D eigenvalue weighted by Gasteiger charge is 2.30. The van der Waals surface area contributed by atoms with E-state index in [1.807, 2.05) is 30.3 Å². The van der Waals surface area contributed by atoms with Crippen LogP contribution in [0, 0.1) is 17.1 Å². The lowest BCUT2D eigenvalue weighted by Gasteiger charge is -2.18. The van der Waals surface area contributed by atoms with Crippen LogP contribution in [-0.2, 0) is 23.0 Å². The van der Waals surface area contributed by atoms with Gasteiger partial charge in [-0.2, -0.15) is 5.26 Å². The van der Waals surface area contributed by atoms with E-state index >= 15 is 0 Å². The molecule has 0 unspecified atom stereocenters. The molecule has 0 amide bonds. The summed E-state index contributed by atoms with van der Waals surface area (Å²) in [6.45, 7) is 1.08. The first-order valence-corrected chi connectivity index (χ1v) is 11.8. The van der Waals surface area contributed by atoms with E-state index in [-0.39, 0.29) is 10.6 Å². The van der Waals surface area contributed by atoms with Crippen molar-refractivity contribution in [1.82, 2.24) is 19.7 Å². The van der Waals surface area contributed by atoms with Crippen molar-refractivity contribution < 1.29 is 12.8 Å². The molecular formula is C22H23FN6O2S. The molecule has 1 aliphatic carbocycles. The average molecular weight is 455 g/mol. The Hall–Kier alpha value is -3.13. The number of nitrogens with two attached hydrogens (primary N) is 1. The molecule has 0 bridgehead atoms. The lowest BCUT2D eigenvalue weighted by Crippen LogP contribution is -2.27. The minimum absolute atomic E-state index is 0.0945. The van der Waals surface area contributed by atoms with Crippen molar-refractivity contribution in [2.24, 2.45) is 5.14 Å². The second-order valence-corrected chi connectivity index (χ2v) is 9.35. The summed E-state index contributed by atoms with van der Waals surface area (Å²) in [6, 6.07) is 15.7. The fourth-order valence-corrected chi connectivity index (χ4v) is 4.11. The van der Waals surface area contributed by atoms with E-state index in [1.54, 1.807) is 0 Å². The van der Waals surface area contributed by atoms with Gasteiger partial charge in [-0.3, -0.25) is 4.90 Å². The number of aromatic nitrogens is 3. The number of hydrogen-bond donors (Lipinski definition) is 1. The number of rotatable bonds is 9. The Labute approximate surface area is 186 Å². The number of primary sulfonamides is 1. The van der Waals surface area contributed by atoms with Gasteiger partial charge in [0.2, 0.25) is 10.0 Å². The number of halogens is 1. The van der Waals surface area contributed by atoms with E-state index in [0.29, 0.717) is 43.6 Å². The summed E-state index contributed by atoms with van der Waals surface area (Å²) in [4.78, 5) is 6.54. The van der Waals surface area contributed by atoms with E-state index in [2.05, 4.69) is 21.1 Å². The molecular weight excluding hydrogens is 431 g/mol. The number of benzene rings is 2. The van der Waals surface area contributed by atoms with Gasteiger partial charge in [0.25, 0.3) is 0 Å². The SMILES string of the molecule is N#CCCN(Cc1nc(Cc2ccccc2)n(-c2ccc(S(N)(=O)=O)cc2F)n1)C1CC1. The highest BCUT2D eigenvalue weighted by Crippen LogP contribution is 2.28.